The Kier molecular flexibility index (Phi) is 16.6. The summed E-state index contributed by atoms with van der Waals surface area (Å²) in [5.41, 5.74) is 3.34. The van der Waals surface area contributed by atoms with Crippen LogP contribution in [0.5, 0.6) is 0 Å². The van der Waals surface area contributed by atoms with Crippen molar-refractivity contribution in [1.29, 1.82) is 0 Å². The number of Topliss-reactive ketones (excluding diaryl/α,β-unsaturated/α-hetero) is 2. The van der Waals surface area contributed by atoms with Crippen molar-refractivity contribution in [3.8, 4) is 0 Å². The quantitative estimate of drug-likeness (QED) is 0.0724. The molecule has 0 heterocycles. The van der Waals surface area contributed by atoms with Crippen LogP contribution in [-0.4, -0.2) is 60.9 Å². The van der Waals surface area contributed by atoms with Gasteiger partial charge in [-0.05, 0) is 31.9 Å². The molecule has 12 nitrogen and oxygen atoms in total. The third kappa shape index (κ3) is 17.1. The van der Waals surface area contributed by atoms with E-state index in [4.69, 9.17) is 0 Å². The van der Waals surface area contributed by atoms with Gasteiger partial charge in [0, 0.05) is 62.7 Å². The monoisotopic (exact) mass is 632 g/mol. The van der Waals surface area contributed by atoms with Crippen molar-refractivity contribution in [2.75, 3.05) is 19.6 Å². The lowest BCUT2D eigenvalue weighted by Gasteiger charge is -2.18. The largest absolute Gasteiger partial charge is 0.384 e. The van der Waals surface area contributed by atoms with Crippen molar-refractivity contribution in [3.63, 3.8) is 0 Å². The number of ketones is 2. The maximum Gasteiger partial charge on any atom is 0.245 e. The molecule has 0 spiro atoms. The molecule has 2 rings (SSSR count). The van der Waals surface area contributed by atoms with Gasteiger partial charge in [-0.3, -0.25) is 28.8 Å². The van der Waals surface area contributed by atoms with E-state index < -0.39 is 41.9 Å². The predicted molar refractivity (Wildman–Crippen MR) is 175 cm³/mol. The van der Waals surface area contributed by atoms with Crippen molar-refractivity contribution >= 4 is 35.2 Å². The van der Waals surface area contributed by atoms with E-state index in [0.717, 1.165) is 11.1 Å². The smallest absolute Gasteiger partial charge is 0.245 e. The van der Waals surface area contributed by atoms with Crippen LogP contribution in [0.1, 0.15) is 51.2 Å². The molecule has 1 unspecified atom stereocenters. The number of benzene rings is 2. The Morgan fingerprint density at radius 3 is 1.59 bits per heavy atom. The average molecular weight is 633 g/mol. The molecule has 0 saturated heterocycles. The van der Waals surface area contributed by atoms with Gasteiger partial charge in [-0.2, -0.15) is 0 Å². The highest BCUT2D eigenvalue weighted by Gasteiger charge is 2.19. The summed E-state index contributed by atoms with van der Waals surface area (Å²) in [6.45, 7) is 6.00. The van der Waals surface area contributed by atoms with E-state index in [1.807, 2.05) is 60.7 Å². The van der Waals surface area contributed by atoms with Crippen LogP contribution in [0.25, 0.3) is 0 Å². The molecule has 1 atom stereocenters. The molecule has 0 radical (unpaired) electrons. The van der Waals surface area contributed by atoms with Crippen LogP contribution in [0.4, 0.5) is 0 Å². The molecule has 0 saturated carbocycles. The Morgan fingerprint density at radius 2 is 1.09 bits per heavy atom. The zero-order valence-corrected chi connectivity index (χ0v) is 26.6. The molecule has 0 fully saturated rings. The second-order valence-electron chi connectivity index (χ2n) is 10.8. The Labute approximate surface area is 269 Å². The summed E-state index contributed by atoms with van der Waals surface area (Å²) >= 11 is 0. The van der Waals surface area contributed by atoms with Crippen molar-refractivity contribution in [1.82, 2.24) is 31.9 Å². The number of rotatable bonds is 20. The second kappa shape index (κ2) is 20.7. The Bertz CT molecular complexity index is 1390. The minimum atomic E-state index is -0.785. The molecule has 246 valence electrons. The van der Waals surface area contributed by atoms with E-state index in [-0.39, 0.29) is 38.3 Å². The number of carbonyl (C=O) groups excluding carboxylic acids is 6. The second-order valence-corrected chi connectivity index (χ2v) is 10.8. The summed E-state index contributed by atoms with van der Waals surface area (Å²) in [6, 6.07) is 18.6. The zero-order chi connectivity index (χ0) is 33.7. The highest BCUT2D eigenvalue weighted by atomic mass is 16.2. The van der Waals surface area contributed by atoms with E-state index in [0.29, 0.717) is 24.5 Å². The first-order valence-corrected chi connectivity index (χ1v) is 15.0. The highest BCUT2D eigenvalue weighted by molar-refractivity contribution is 5.99. The number of amides is 4. The molecule has 4 amide bonds. The van der Waals surface area contributed by atoms with Crippen LogP contribution in [0.15, 0.2) is 84.2 Å². The molecule has 2 aromatic carbocycles. The molecule has 0 bridgehead atoms. The molecule has 2 aromatic rings. The zero-order valence-electron chi connectivity index (χ0n) is 26.6. The van der Waals surface area contributed by atoms with Crippen LogP contribution in [-0.2, 0) is 41.9 Å². The lowest BCUT2D eigenvalue weighted by atomic mass is 10.1. The van der Waals surface area contributed by atoms with Gasteiger partial charge in [0.25, 0.3) is 0 Å². The fourth-order valence-corrected chi connectivity index (χ4v) is 4.14. The molecule has 6 N–H and O–H groups in total. The number of hydrogen-bond acceptors (Lipinski definition) is 8. The van der Waals surface area contributed by atoms with Gasteiger partial charge in [-0.15, -0.1) is 0 Å². The summed E-state index contributed by atoms with van der Waals surface area (Å²) in [6.07, 6.45) is 1.87. The minimum Gasteiger partial charge on any atom is -0.384 e. The number of nitrogens with one attached hydrogen (secondary N) is 6. The third-order valence-corrected chi connectivity index (χ3v) is 6.40. The normalized spacial score (nSPS) is 11.9. The van der Waals surface area contributed by atoms with Crippen LogP contribution in [0.2, 0.25) is 0 Å². The lowest BCUT2D eigenvalue weighted by molar-refractivity contribution is -0.130. The Balaban J connectivity index is 1.93. The standard InChI is InChI=1S/C34H44N6O6/c1-24(37-21-27-10-6-4-7-11-27)16-31(43)39-23-29(40-34(46)17-25(2)38-22-28-12-8-5-9-13-28)19-30(42)20-33(45)36-15-14-35-32(44)18-26(3)41/h4-13,16-17,29,37-38H,14-15,18-23H2,1-3H3,(H,35,44)(H,36,45)(H,39,43)(H,40,46). The molecular weight excluding hydrogens is 588 g/mol. The average Bonchev–Trinajstić information content (AvgIpc) is 3.00. The van der Waals surface area contributed by atoms with E-state index in [2.05, 4.69) is 31.9 Å². The van der Waals surface area contributed by atoms with Gasteiger partial charge in [0.05, 0.1) is 18.9 Å². The van der Waals surface area contributed by atoms with Gasteiger partial charge in [-0.1, -0.05) is 60.7 Å². The van der Waals surface area contributed by atoms with Gasteiger partial charge >= 0.3 is 0 Å². The van der Waals surface area contributed by atoms with E-state index in [1.54, 1.807) is 13.8 Å². The van der Waals surface area contributed by atoms with Crippen LogP contribution in [0, 0.1) is 0 Å². The summed E-state index contributed by atoms with van der Waals surface area (Å²) < 4.78 is 0. The number of carbonyl (C=O) groups is 6. The number of allylic oxidation sites excluding steroid dienone is 2. The first kappa shape index (κ1) is 36.9. The van der Waals surface area contributed by atoms with Gasteiger partial charge in [-0.25, -0.2) is 0 Å². The molecule has 0 aliphatic heterocycles. The highest BCUT2D eigenvalue weighted by Crippen LogP contribution is 2.02. The number of hydrogen-bond donors (Lipinski definition) is 6. The summed E-state index contributed by atoms with van der Waals surface area (Å²) in [7, 11) is 0. The molecular formula is C34H44N6O6. The van der Waals surface area contributed by atoms with E-state index in [9.17, 15) is 28.8 Å². The summed E-state index contributed by atoms with van der Waals surface area (Å²) in [5.74, 6) is -2.60. The SMILES string of the molecule is CC(=O)CC(=O)NCCNC(=O)CC(=O)CC(CNC(=O)C=C(C)NCc1ccccc1)NC(=O)C=C(C)NCc1ccccc1. The van der Waals surface area contributed by atoms with Gasteiger partial charge in [0.2, 0.25) is 23.6 Å². The predicted octanol–water partition coefficient (Wildman–Crippen LogP) is 1.54. The van der Waals surface area contributed by atoms with Crippen molar-refractivity contribution in [2.24, 2.45) is 0 Å². The van der Waals surface area contributed by atoms with Gasteiger partial charge in [0.1, 0.15) is 11.6 Å². The molecule has 0 aliphatic carbocycles. The first-order valence-electron chi connectivity index (χ1n) is 15.0. The van der Waals surface area contributed by atoms with Crippen LogP contribution in [0.3, 0.4) is 0 Å². The molecule has 12 heteroatoms. The maximum absolute atomic E-state index is 12.8. The summed E-state index contributed by atoms with van der Waals surface area (Å²) in [5, 5.41) is 16.8. The maximum atomic E-state index is 12.8. The molecule has 0 aliphatic rings. The fourth-order valence-electron chi connectivity index (χ4n) is 4.14. The molecule has 0 aromatic heterocycles. The first-order chi connectivity index (χ1) is 22.0. The van der Waals surface area contributed by atoms with Gasteiger partial charge < -0.3 is 31.9 Å². The Hall–Kier alpha value is -5.26. The topological polar surface area (TPSA) is 175 Å². The van der Waals surface area contributed by atoms with Crippen LogP contribution >= 0.6 is 0 Å². The lowest BCUT2D eigenvalue weighted by Crippen LogP contribution is -2.45. The van der Waals surface area contributed by atoms with Crippen molar-refractivity contribution < 1.29 is 28.8 Å². The van der Waals surface area contributed by atoms with Gasteiger partial charge in [0.15, 0.2) is 0 Å². The third-order valence-electron chi connectivity index (χ3n) is 6.40. The van der Waals surface area contributed by atoms with Crippen molar-refractivity contribution in [2.45, 2.75) is 59.2 Å². The molecule has 46 heavy (non-hydrogen) atoms. The van der Waals surface area contributed by atoms with E-state index in [1.165, 1.54) is 19.1 Å². The van der Waals surface area contributed by atoms with Crippen LogP contribution < -0.4 is 31.9 Å². The summed E-state index contributed by atoms with van der Waals surface area (Å²) in [4.78, 5) is 73.0. The fraction of sp³-hybridized carbons (Fsp3) is 0.353. The minimum absolute atomic E-state index is 0.0487. The Morgan fingerprint density at radius 1 is 0.609 bits per heavy atom. The van der Waals surface area contributed by atoms with E-state index >= 15 is 0 Å². The van der Waals surface area contributed by atoms with Crippen molar-refractivity contribution in [3.05, 3.63) is 95.3 Å².